The molecule has 1 fully saturated rings. The van der Waals surface area contributed by atoms with E-state index in [-0.39, 0.29) is 5.91 Å². The van der Waals surface area contributed by atoms with Crippen LogP contribution in [-0.2, 0) is 16.0 Å². The Labute approximate surface area is 178 Å². The van der Waals surface area contributed by atoms with Crippen molar-refractivity contribution in [3.63, 3.8) is 0 Å². The van der Waals surface area contributed by atoms with Crippen LogP contribution in [0.25, 0.3) is 11.4 Å². The van der Waals surface area contributed by atoms with Crippen LogP contribution in [-0.4, -0.2) is 71.3 Å². The van der Waals surface area contributed by atoms with Gasteiger partial charge >= 0.3 is 0 Å². The maximum atomic E-state index is 12.5. The lowest BCUT2D eigenvalue weighted by molar-refractivity contribution is -0.144. The zero-order valence-electron chi connectivity index (χ0n) is 18.0. The van der Waals surface area contributed by atoms with E-state index in [0.717, 1.165) is 57.5 Å². The molecule has 1 unspecified atom stereocenters. The number of hydrogen-bond donors (Lipinski definition) is 0. The number of aryl methyl sites for hydroxylation is 2. The standard InChI is InChI=1S/C23H32N4O3/c1-4-5-17-29-19(3)23(28)27-15-13-26(14-16-27)12-6-7-21-24-22(25-30-21)20-10-8-18(2)9-11-20/h4,8-11,19H,1,5-7,12-17H2,2-3H3. The molecule has 1 aromatic carbocycles. The van der Waals surface area contributed by atoms with Gasteiger partial charge in [0.2, 0.25) is 11.7 Å². The van der Waals surface area contributed by atoms with Crippen molar-refractivity contribution in [2.45, 2.75) is 39.2 Å². The van der Waals surface area contributed by atoms with Gasteiger partial charge in [-0.25, -0.2) is 0 Å². The van der Waals surface area contributed by atoms with E-state index in [1.165, 1.54) is 5.56 Å². The molecule has 0 spiro atoms. The smallest absolute Gasteiger partial charge is 0.251 e. The summed E-state index contributed by atoms with van der Waals surface area (Å²) >= 11 is 0. The molecule has 2 heterocycles. The second kappa shape index (κ2) is 11.0. The van der Waals surface area contributed by atoms with E-state index in [2.05, 4.69) is 28.5 Å². The molecule has 0 radical (unpaired) electrons. The second-order valence-electron chi connectivity index (χ2n) is 7.74. The van der Waals surface area contributed by atoms with E-state index < -0.39 is 6.10 Å². The third-order valence-electron chi connectivity index (χ3n) is 5.36. The topological polar surface area (TPSA) is 71.7 Å². The molecule has 1 amide bonds. The number of rotatable bonds is 10. The maximum Gasteiger partial charge on any atom is 0.251 e. The lowest BCUT2D eigenvalue weighted by atomic mass is 10.1. The van der Waals surface area contributed by atoms with Crippen LogP contribution in [0.15, 0.2) is 41.4 Å². The summed E-state index contributed by atoms with van der Waals surface area (Å²) in [5.74, 6) is 1.39. The van der Waals surface area contributed by atoms with Crippen molar-refractivity contribution in [2.24, 2.45) is 0 Å². The monoisotopic (exact) mass is 412 g/mol. The van der Waals surface area contributed by atoms with Crippen molar-refractivity contribution in [3.8, 4) is 11.4 Å². The molecule has 0 N–H and O–H groups in total. The Morgan fingerprint density at radius 3 is 2.70 bits per heavy atom. The number of piperazine rings is 1. The minimum Gasteiger partial charge on any atom is -0.368 e. The third kappa shape index (κ3) is 6.24. The number of amides is 1. The van der Waals surface area contributed by atoms with E-state index in [4.69, 9.17) is 9.26 Å². The van der Waals surface area contributed by atoms with Crippen LogP contribution in [0.1, 0.15) is 31.2 Å². The van der Waals surface area contributed by atoms with Crippen LogP contribution in [0.5, 0.6) is 0 Å². The van der Waals surface area contributed by atoms with Gasteiger partial charge in [-0.3, -0.25) is 9.69 Å². The number of hydrogen-bond acceptors (Lipinski definition) is 6. The van der Waals surface area contributed by atoms with Crippen LogP contribution in [0, 0.1) is 6.92 Å². The Balaban J connectivity index is 1.36. The predicted molar refractivity (Wildman–Crippen MR) is 116 cm³/mol. The summed E-state index contributed by atoms with van der Waals surface area (Å²) < 4.78 is 11.0. The van der Waals surface area contributed by atoms with E-state index in [1.807, 2.05) is 36.1 Å². The lowest BCUT2D eigenvalue weighted by Crippen LogP contribution is -2.51. The molecule has 1 atom stereocenters. The SMILES string of the molecule is C=CCCOC(C)C(=O)N1CCN(CCCc2nc(-c3ccc(C)cc3)no2)CC1. The number of aromatic nitrogens is 2. The van der Waals surface area contributed by atoms with E-state index in [1.54, 1.807) is 6.08 Å². The van der Waals surface area contributed by atoms with Crippen molar-refractivity contribution < 1.29 is 14.1 Å². The van der Waals surface area contributed by atoms with Crippen LogP contribution >= 0.6 is 0 Å². The van der Waals surface area contributed by atoms with Crippen LogP contribution in [0.2, 0.25) is 0 Å². The fraction of sp³-hybridized carbons (Fsp3) is 0.522. The summed E-state index contributed by atoms with van der Waals surface area (Å²) in [6.07, 6.45) is 3.87. The molecule has 7 heteroatoms. The average molecular weight is 413 g/mol. The fourth-order valence-corrected chi connectivity index (χ4v) is 3.48. The molecule has 1 saturated heterocycles. The Morgan fingerprint density at radius 1 is 1.27 bits per heavy atom. The van der Waals surface area contributed by atoms with E-state index in [0.29, 0.717) is 18.3 Å². The minimum atomic E-state index is -0.392. The van der Waals surface area contributed by atoms with Crippen LogP contribution < -0.4 is 0 Å². The second-order valence-corrected chi connectivity index (χ2v) is 7.74. The normalized spacial score (nSPS) is 15.9. The largest absolute Gasteiger partial charge is 0.368 e. The molecule has 0 aliphatic carbocycles. The average Bonchev–Trinajstić information content (AvgIpc) is 3.23. The Morgan fingerprint density at radius 2 is 2.00 bits per heavy atom. The summed E-state index contributed by atoms with van der Waals surface area (Å²) in [6, 6.07) is 8.11. The first-order chi connectivity index (χ1) is 14.6. The van der Waals surface area contributed by atoms with Gasteiger partial charge in [-0.2, -0.15) is 4.98 Å². The summed E-state index contributed by atoms with van der Waals surface area (Å²) in [6.45, 7) is 12.3. The van der Waals surface area contributed by atoms with Crippen molar-refractivity contribution >= 4 is 5.91 Å². The Kier molecular flexibility index (Phi) is 8.16. The van der Waals surface area contributed by atoms with Gasteiger partial charge in [0, 0.05) is 38.2 Å². The minimum absolute atomic E-state index is 0.0770. The summed E-state index contributed by atoms with van der Waals surface area (Å²) in [5, 5.41) is 4.09. The Bertz CT molecular complexity index is 810. The maximum absolute atomic E-state index is 12.5. The van der Waals surface area contributed by atoms with Gasteiger partial charge in [0.1, 0.15) is 6.10 Å². The van der Waals surface area contributed by atoms with Gasteiger partial charge in [0.05, 0.1) is 6.61 Å². The lowest BCUT2D eigenvalue weighted by Gasteiger charge is -2.35. The molecule has 30 heavy (non-hydrogen) atoms. The zero-order valence-corrected chi connectivity index (χ0v) is 18.0. The highest BCUT2D eigenvalue weighted by Crippen LogP contribution is 2.17. The van der Waals surface area contributed by atoms with Gasteiger partial charge in [-0.1, -0.05) is 41.1 Å². The van der Waals surface area contributed by atoms with Crippen molar-refractivity contribution in [1.82, 2.24) is 19.9 Å². The van der Waals surface area contributed by atoms with Gasteiger partial charge in [-0.05, 0) is 33.2 Å². The molecule has 1 aliphatic heterocycles. The molecular weight excluding hydrogens is 380 g/mol. The van der Waals surface area contributed by atoms with E-state index >= 15 is 0 Å². The number of benzene rings is 1. The zero-order chi connectivity index (χ0) is 21.3. The quantitative estimate of drug-likeness (QED) is 0.441. The predicted octanol–water partition coefficient (Wildman–Crippen LogP) is 3.10. The summed E-state index contributed by atoms with van der Waals surface area (Å²) in [4.78, 5) is 21.3. The number of nitrogens with zero attached hydrogens (tertiary/aromatic N) is 4. The highest BCUT2D eigenvalue weighted by molar-refractivity contribution is 5.80. The fourth-order valence-electron chi connectivity index (χ4n) is 3.48. The molecule has 7 nitrogen and oxygen atoms in total. The van der Waals surface area contributed by atoms with Crippen molar-refractivity contribution in [3.05, 3.63) is 48.4 Å². The first kappa shape index (κ1) is 22.2. The summed E-state index contributed by atoms with van der Waals surface area (Å²) in [5.41, 5.74) is 2.18. The molecule has 2 aromatic rings. The van der Waals surface area contributed by atoms with Crippen molar-refractivity contribution in [1.29, 1.82) is 0 Å². The first-order valence-electron chi connectivity index (χ1n) is 10.7. The molecule has 3 rings (SSSR count). The highest BCUT2D eigenvalue weighted by atomic mass is 16.5. The molecule has 1 aromatic heterocycles. The van der Waals surface area contributed by atoms with Crippen molar-refractivity contribution in [2.75, 3.05) is 39.3 Å². The molecule has 162 valence electrons. The van der Waals surface area contributed by atoms with Gasteiger partial charge in [0.25, 0.3) is 5.91 Å². The number of carbonyl (C=O) groups excluding carboxylic acids is 1. The first-order valence-corrected chi connectivity index (χ1v) is 10.7. The highest BCUT2D eigenvalue weighted by Gasteiger charge is 2.25. The molecule has 1 aliphatic rings. The molecular formula is C23H32N4O3. The van der Waals surface area contributed by atoms with Gasteiger partial charge in [0.15, 0.2) is 0 Å². The number of carbonyl (C=O) groups is 1. The van der Waals surface area contributed by atoms with Crippen LogP contribution in [0.4, 0.5) is 0 Å². The van der Waals surface area contributed by atoms with Gasteiger partial charge in [-0.15, -0.1) is 6.58 Å². The molecule has 0 bridgehead atoms. The van der Waals surface area contributed by atoms with E-state index in [9.17, 15) is 4.79 Å². The van der Waals surface area contributed by atoms with Gasteiger partial charge < -0.3 is 14.2 Å². The number of ether oxygens (including phenoxy) is 1. The third-order valence-corrected chi connectivity index (χ3v) is 5.36. The van der Waals surface area contributed by atoms with Crippen LogP contribution in [0.3, 0.4) is 0 Å². The Hall–Kier alpha value is -2.51. The summed E-state index contributed by atoms with van der Waals surface area (Å²) in [7, 11) is 0. The molecule has 0 saturated carbocycles.